The molecule has 0 bridgehead atoms. The second-order valence-electron chi connectivity index (χ2n) is 4.48. The predicted octanol–water partition coefficient (Wildman–Crippen LogP) is 2.23. The van der Waals surface area contributed by atoms with Gasteiger partial charge in [-0.05, 0) is 26.0 Å². The number of benzene rings is 1. The number of hydrogen-bond donors (Lipinski definition) is 0. The van der Waals surface area contributed by atoms with Crippen molar-refractivity contribution in [3.8, 4) is 11.5 Å². The summed E-state index contributed by atoms with van der Waals surface area (Å²) < 4.78 is 16.3. The van der Waals surface area contributed by atoms with Crippen LogP contribution in [-0.2, 0) is 4.74 Å². The molecule has 1 heterocycles. The van der Waals surface area contributed by atoms with Crippen LogP contribution in [0.2, 0.25) is 0 Å². The van der Waals surface area contributed by atoms with Crippen molar-refractivity contribution in [1.82, 2.24) is 0 Å². The number of hydrogen-bond acceptors (Lipinski definition) is 6. The van der Waals surface area contributed by atoms with Crippen molar-refractivity contribution >= 4 is 11.4 Å². The van der Waals surface area contributed by atoms with E-state index in [9.17, 15) is 10.1 Å². The number of ether oxygens (including phenoxy) is 3. The number of morpholine rings is 1. The molecule has 0 spiro atoms. The molecule has 0 radical (unpaired) electrons. The lowest BCUT2D eigenvalue weighted by molar-refractivity contribution is -0.385. The lowest BCUT2D eigenvalue weighted by Gasteiger charge is -2.30. The molecule has 2 rings (SSSR count). The van der Waals surface area contributed by atoms with Gasteiger partial charge in [-0.1, -0.05) is 0 Å². The van der Waals surface area contributed by atoms with Gasteiger partial charge in [-0.3, -0.25) is 10.1 Å². The summed E-state index contributed by atoms with van der Waals surface area (Å²) in [7, 11) is 0. The van der Waals surface area contributed by atoms with Gasteiger partial charge in [0.1, 0.15) is 5.75 Å². The number of nitro groups is 1. The van der Waals surface area contributed by atoms with Crippen molar-refractivity contribution in [3.63, 3.8) is 0 Å². The molecule has 1 fully saturated rings. The summed E-state index contributed by atoms with van der Waals surface area (Å²) in [5.74, 6) is 0.780. The van der Waals surface area contributed by atoms with Gasteiger partial charge in [0.2, 0.25) is 0 Å². The van der Waals surface area contributed by atoms with E-state index in [0.29, 0.717) is 51.0 Å². The largest absolute Gasteiger partial charge is 0.491 e. The maximum atomic E-state index is 11.5. The Morgan fingerprint density at radius 3 is 2.33 bits per heavy atom. The highest BCUT2D eigenvalue weighted by Gasteiger charge is 2.30. The molecular formula is C14H20N2O5. The average molecular weight is 296 g/mol. The van der Waals surface area contributed by atoms with E-state index in [1.54, 1.807) is 19.1 Å². The molecule has 0 aromatic heterocycles. The molecule has 0 aliphatic carbocycles. The van der Waals surface area contributed by atoms with E-state index >= 15 is 0 Å². The monoisotopic (exact) mass is 296 g/mol. The van der Waals surface area contributed by atoms with Crippen molar-refractivity contribution < 1.29 is 19.1 Å². The van der Waals surface area contributed by atoms with Crippen LogP contribution >= 0.6 is 0 Å². The first kappa shape index (κ1) is 15.4. The van der Waals surface area contributed by atoms with Crippen LogP contribution in [0.15, 0.2) is 12.1 Å². The summed E-state index contributed by atoms with van der Waals surface area (Å²) >= 11 is 0. The highest BCUT2D eigenvalue weighted by Crippen LogP contribution is 2.44. The van der Waals surface area contributed by atoms with Crippen molar-refractivity contribution in [2.24, 2.45) is 0 Å². The summed E-state index contributed by atoms with van der Waals surface area (Å²) in [5.41, 5.74) is 0.445. The fourth-order valence-corrected chi connectivity index (χ4v) is 2.36. The molecule has 0 N–H and O–H groups in total. The molecule has 0 atom stereocenters. The minimum atomic E-state index is -0.404. The normalized spacial score (nSPS) is 14.9. The standard InChI is InChI=1S/C14H20N2O5/c1-3-20-11-5-6-12(21-4-2)14(16(17)18)13(11)15-7-9-19-10-8-15/h5-6H,3-4,7-10H2,1-2H3. The number of nitrogens with zero attached hydrogens (tertiary/aromatic N) is 2. The topological polar surface area (TPSA) is 74.1 Å². The van der Waals surface area contributed by atoms with Crippen LogP contribution in [0.25, 0.3) is 0 Å². The van der Waals surface area contributed by atoms with Crippen LogP contribution in [0, 0.1) is 10.1 Å². The third-order valence-corrected chi connectivity index (χ3v) is 3.19. The molecule has 0 saturated carbocycles. The smallest absolute Gasteiger partial charge is 0.337 e. The van der Waals surface area contributed by atoms with Crippen molar-refractivity contribution in [1.29, 1.82) is 0 Å². The Hall–Kier alpha value is -2.02. The second kappa shape index (κ2) is 7.12. The molecule has 21 heavy (non-hydrogen) atoms. The van der Waals surface area contributed by atoms with Crippen molar-refractivity contribution in [3.05, 3.63) is 22.2 Å². The maximum Gasteiger partial charge on any atom is 0.337 e. The summed E-state index contributed by atoms with van der Waals surface area (Å²) in [6.07, 6.45) is 0. The third kappa shape index (κ3) is 3.36. The molecule has 7 heteroatoms. The Labute approximate surface area is 123 Å². The van der Waals surface area contributed by atoms with E-state index in [2.05, 4.69) is 0 Å². The zero-order chi connectivity index (χ0) is 15.2. The van der Waals surface area contributed by atoms with E-state index in [0.717, 1.165) is 0 Å². The lowest BCUT2D eigenvalue weighted by Crippen LogP contribution is -2.37. The first-order chi connectivity index (χ1) is 10.2. The fourth-order valence-electron chi connectivity index (χ4n) is 2.36. The Balaban J connectivity index is 2.53. The zero-order valence-corrected chi connectivity index (χ0v) is 12.3. The van der Waals surface area contributed by atoms with E-state index in [-0.39, 0.29) is 11.4 Å². The van der Waals surface area contributed by atoms with Crippen LogP contribution in [0.3, 0.4) is 0 Å². The maximum absolute atomic E-state index is 11.5. The number of anilines is 1. The van der Waals surface area contributed by atoms with Crippen LogP contribution < -0.4 is 14.4 Å². The Morgan fingerprint density at radius 2 is 1.76 bits per heavy atom. The van der Waals surface area contributed by atoms with Gasteiger partial charge >= 0.3 is 5.69 Å². The Morgan fingerprint density at radius 1 is 1.19 bits per heavy atom. The van der Waals surface area contributed by atoms with Gasteiger partial charge in [0, 0.05) is 13.1 Å². The van der Waals surface area contributed by atoms with Gasteiger partial charge < -0.3 is 19.1 Å². The van der Waals surface area contributed by atoms with Gasteiger partial charge in [-0.25, -0.2) is 0 Å². The van der Waals surface area contributed by atoms with Crippen molar-refractivity contribution in [2.75, 3.05) is 44.4 Å². The predicted molar refractivity (Wildman–Crippen MR) is 78.5 cm³/mol. The minimum Gasteiger partial charge on any atom is -0.491 e. The molecule has 0 unspecified atom stereocenters. The van der Waals surface area contributed by atoms with E-state index in [1.807, 2.05) is 11.8 Å². The average Bonchev–Trinajstić information content (AvgIpc) is 2.49. The zero-order valence-electron chi connectivity index (χ0n) is 12.3. The van der Waals surface area contributed by atoms with Gasteiger partial charge in [0.25, 0.3) is 0 Å². The van der Waals surface area contributed by atoms with Gasteiger partial charge in [-0.2, -0.15) is 0 Å². The van der Waals surface area contributed by atoms with Crippen LogP contribution in [0.5, 0.6) is 11.5 Å². The molecule has 0 amide bonds. The molecule has 1 aliphatic heterocycles. The molecule has 1 aromatic carbocycles. The van der Waals surface area contributed by atoms with Gasteiger partial charge in [0.15, 0.2) is 11.4 Å². The summed E-state index contributed by atoms with van der Waals surface area (Å²) in [6, 6.07) is 3.32. The highest BCUT2D eigenvalue weighted by atomic mass is 16.6. The van der Waals surface area contributed by atoms with Crippen LogP contribution in [-0.4, -0.2) is 44.4 Å². The molecular weight excluding hydrogens is 276 g/mol. The quantitative estimate of drug-likeness (QED) is 0.592. The van der Waals surface area contributed by atoms with Crippen molar-refractivity contribution in [2.45, 2.75) is 13.8 Å². The van der Waals surface area contributed by atoms with E-state index < -0.39 is 4.92 Å². The molecule has 7 nitrogen and oxygen atoms in total. The number of nitro benzene ring substituents is 1. The van der Waals surface area contributed by atoms with Crippen LogP contribution in [0.1, 0.15) is 13.8 Å². The third-order valence-electron chi connectivity index (χ3n) is 3.19. The molecule has 116 valence electrons. The first-order valence-corrected chi connectivity index (χ1v) is 7.08. The second-order valence-corrected chi connectivity index (χ2v) is 4.48. The van der Waals surface area contributed by atoms with E-state index in [1.165, 1.54) is 0 Å². The minimum absolute atomic E-state index is 0.0373. The molecule has 1 aliphatic rings. The summed E-state index contributed by atoms with van der Waals surface area (Å²) in [4.78, 5) is 13.0. The number of rotatable bonds is 6. The SMILES string of the molecule is CCOc1ccc(OCC)c([N+](=O)[O-])c1N1CCOCC1. The van der Waals surface area contributed by atoms with Gasteiger partial charge in [-0.15, -0.1) is 0 Å². The molecule has 1 saturated heterocycles. The fraction of sp³-hybridized carbons (Fsp3) is 0.571. The highest BCUT2D eigenvalue weighted by molar-refractivity contribution is 5.77. The van der Waals surface area contributed by atoms with Crippen LogP contribution in [0.4, 0.5) is 11.4 Å². The van der Waals surface area contributed by atoms with E-state index in [4.69, 9.17) is 14.2 Å². The first-order valence-electron chi connectivity index (χ1n) is 7.08. The molecule has 1 aromatic rings. The van der Waals surface area contributed by atoms with Gasteiger partial charge in [0.05, 0.1) is 31.4 Å². The Bertz CT molecular complexity index is 500. The summed E-state index contributed by atoms with van der Waals surface area (Å²) in [5, 5.41) is 11.5. The lowest BCUT2D eigenvalue weighted by atomic mass is 10.2. The summed E-state index contributed by atoms with van der Waals surface area (Å²) in [6.45, 7) is 6.75. The Kier molecular flexibility index (Phi) is 5.21.